The number of benzene rings is 1. The number of pyridine rings is 1. The van der Waals surface area contributed by atoms with Gasteiger partial charge in [-0.05, 0) is 28.6 Å². The lowest BCUT2D eigenvalue weighted by atomic mass is 10.2. The van der Waals surface area contributed by atoms with Gasteiger partial charge in [0.15, 0.2) is 0 Å². The first-order valence-electron chi connectivity index (χ1n) is 4.95. The first kappa shape index (κ1) is 10.7. The summed E-state index contributed by atoms with van der Waals surface area (Å²) in [5, 5.41) is 23.5. The van der Waals surface area contributed by atoms with Gasteiger partial charge in [0, 0.05) is 10.4 Å². The topological polar surface area (TPSA) is 92.4 Å². The Kier molecular flexibility index (Phi) is 2.27. The van der Waals surface area contributed by atoms with E-state index in [9.17, 15) is 4.79 Å². The van der Waals surface area contributed by atoms with Gasteiger partial charge in [0.05, 0.1) is 11.2 Å². The molecule has 0 atom stereocenters. The van der Waals surface area contributed by atoms with Crippen LogP contribution in [0.1, 0.15) is 0 Å². The maximum atomic E-state index is 10.7. The Labute approximate surface area is 105 Å². The Morgan fingerprint density at radius 2 is 2.22 bits per heavy atom. The van der Waals surface area contributed by atoms with Crippen LogP contribution in [0.15, 0.2) is 24.3 Å². The number of anilines is 1. The molecule has 1 amide bonds. The monoisotopic (exact) mass is 263 g/mol. The maximum Gasteiger partial charge on any atom is 0.409 e. The second-order valence-electron chi connectivity index (χ2n) is 3.61. The highest BCUT2D eigenvalue weighted by molar-refractivity contribution is 6.31. The number of fused-ring (bicyclic) bond motifs is 3. The number of hydrogen-bond donors (Lipinski definition) is 2. The van der Waals surface area contributed by atoms with Crippen molar-refractivity contribution >= 4 is 39.9 Å². The first-order valence-corrected chi connectivity index (χ1v) is 5.33. The zero-order valence-electron chi connectivity index (χ0n) is 8.83. The largest absolute Gasteiger partial charge is 0.465 e. The fourth-order valence-corrected chi connectivity index (χ4v) is 1.93. The number of amides is 1. The van der Waals surface area contributed by atoms with Gasteiger partial charge in [-0.3, -0.25) is 5.32 Å². The molecule has 0 radical (unpaired) electrons. The van der Waals surface area contributed by atoms with E-state index in [1.54, 1.807) is 24.3 Å². The number of rotatable bonds is 1. The molecule has 8 heteroatoms. The third kappa shape index (κ3) is 1.61. The fourth-order valence-electron chi connectivity index (χ4n) is 1.77. The highest BCUT2D eigenvalue weighted by Gasteiger charge is 2.11. The molecule has 2 N–H and O–H groups in total. The van der Waals surface area contributed by atoms with E-state index in [1.807, 2.05) is 0 Å². The lowest BCUT2D eigenvalue weighted by Gasteiger charge is -2.05. The number of carbonyl (C=O) groups is 1. The molecule has 0 unspecified atom stereocenters. The Bertz CT molecular complexity index is 769. The fraction of sp³-hybridized carbons (Fsp3) is 0. The van der Waals surface area contributed by atoms with E-state index < -0.39 is 6.09 Å². The van der Waals surface area contributed by atoms with Crippen molar-refractivity contribution in [1.29, 1.82) is 0 Å². The van der Waals surface area contributed by atoms with E-state index in [-0.39, 0.29) is 0 Å². The van der Waals surface area contributed by atoms with Crippen LogP contribution in [0.25, 0.3) is 16.6 Å². The second kappa shape index (κ2) is 3.81. The van der Waals surface area contributed by atoms with Gasteiger partial charge in [0.25, 0.3) is 0 Å². The Balaban J connectivity index is 2.39. The van der Waals surface area contributed by atoms with Crippen molar-refractivity contribution in [1.82, 2.24) is 20.0 Å². The number of nitrogens with one attached hydrogen (secondary N) is 1. The van der Waals surface area contributed by atoms with E-state index in [1.165, 1.54) is 4.52 Å². The zero-order valence-corrected chi connectivity index (χ0v) is 9.59. The number of carboxylic acid groups (broad SMARTS) is 1. The molecule has 1 aromatic carbocycles. The van der Waals surface area contributed by atoms with E-state index in [4.69, 9.17) is 16.7 Å². The van der Waals surface area contributed by atoms with Crippen molar-refractivity contribution in [2.75, 3.05) is 5.32 Å². The summed E-state index contributed by atoms with van der Waals surface area (Å²) in [6.45, 7) is 0. The number of halogens is 1. The van der Waals surface area contributed by atoms with E-state index in [0.717, 1.165) is 5.39 Å². The van der Waals surface area contributed by atoms with E-state index in [2.05, 4.69) is 20.8 Å². The summed E-state index contributed by atoms with van der Waals surface area (Å²) in [7, 11) is 0. The molecule has 0 saturated heterocycles. The SMILES string of the molecule is O=C(O)Nc1cc2ccc(Cl)cc2n2nnnc12. The Morgan fingerprint density at radius 1 is 1.39 bits per heavy atom. The second-order valence-corrected chi connectivity index (χ2v) is 4.04. The van der Waals surface area contributed by atoms with Gasteiger partial charge in [-0.2, -0.15) is 4.52 Å². The normalized spacial score (nSPS) is 10.9. The minimum absolute atomic E-state index is 0.322. The maximum absolute atomic E-state index is 10.7. The first-order chi connectivity index (χ1) is 8.65. The van der Waals surface area contributed by atoms with Gasteiger partial charge >= 0.3 is 6.09 Å². The molecule has 18 heavy (non-hydrogen) atoms. The molecule has 2 heterocycles. The van der Waals surface area contributed by atoms with Crippen LogP contribution in [0.5, 0.6) is 0 Å². The summed E-state index contributed by atoms with van der Waals surface area (Å²) >= 11 is 5.92. The van der Waals surface area contributed by atoms with Crippen LogP contribution in [-0.2, 0) is 0 Å². The molecule has 90 valence electrons. The summed E-state index contributed by atoms with van der Waals surface area (Å²) in [5.74, 6) is 0. The molecule has 0 fully saturated rings. The van der Waals surface area contributed by atoms with Crippen LogP contribution >= 0.6 is 11.6 Å². The van der Waals surface area contributed by atoms with Crippen LogP contribution < -0.4 is 5.32 Å². The summed E-state index contributed by atoms with van der Waals surface area (Å²) in [4.78, 5) is 10.7. The standard InChI is InChI=1S/C10H6ClN5O2/c11-6-2-1-5-3-7(12-10(17)18)9-13-14-15-16(9)8(5)4-6/h1-4,12H,(H,17,18). The molecule has 0 aliphatic heterocycles. The van der Waals surface area contributed by atoms with Gasteiger partial charge in [-0.25, -0.2) is 4.79 Å². The third-order valence-corrected chi connectivity index (χ3v) is 2.71. The van der Waals surface area contributed by atoms with Gasteiger partial charge < -0.3 is 5.11 Å². The molecule has 3 rings (SSSR count). The van der Waals surface area contributed by atoms with Crippen molar-refractivity contribution in [3.8, 4) is 0 Å². The molecule has 0 aliphatic rings. The Morgan fingerprint density at radius 3 is 3.00 bits per heavy atom. The quantitative estimate of drug-likeness (QED) is 0.701. The minimum atomic E-state index is -1.17. The summed E-state index contributed by atoms with van der Waals surface area (Å²) < 4.78 is 1.44. The van der Waals surface area contributed by atoms with Gasteiger partial charge in [-0.15, -0.1) is 5.10 Å². The number of tetrazole rings is 1. The molecule has 0 saturated carbocycles. The highest BCUT2D eigenvalue weighted by atomic mass is 35.5. The van der Waals surface area contributed by atoms with Gasteiger partial charge in [0.1, 0.15) is 0 Å². The minimum Gasteiger partial charge on any atom is -0.465 e. The molecule has 0 aliphatic carbocycles. The number of nitrogens with zero attached hydrogens (tertiary/aromatic N) is 4. The predicted octanol–water partition coefficient (Wildman–Crippen LogP) is 2.02. The lowest BCUT2D eigenvalue weighted by molar-refractivity contribution is 0.210. The average Bonchev–Trinajstić information content (AvgIpc) is 2.79. The van der Waals surface area contributed by atoms with Crippen molar-refractivity contribution in [3.05, 3.63) is 29.3 Å². The molecule has 0 spiro atoms. The summed E-state index contributed by atoms with van der Waals surface area (Å²) in [6, 6.07) is 6.85. The number of aromatic nitrogens is 4. The zero-order chi connectivity index (χ0) is 12.7. The van der Waals surface area contributed by atoms with E-state index in [0.29, 0.717) is 21.9 Å². The summed E-state index contributed by atoms with van der Waals surface area (Å²) in [5.41, 5.74) is 1.35. The van der Waals surface area contributed by atoms with Gasteiger partial charge in [-0.1, -0.05) is 17.7 Å². The summed E-state index contributed by atoms with van der Waals surface area (Å²) in [6.07, 6.45) is -1.17. The van der Waals surface area contributed by atoms with Crippen LogP contribution in [0.3, 0.4) is 0 Å². The molecular formula is C10H6ClN5O2. The van der Waals surface area contributed by atoms with Gasteiger partial charge in [0.2, 0.25) is 5.65 Å². The van der Waals surface area contributed by atoms with Crippen molar-refractivity contribution in [2.24, 2.45) is 0 Å². The average molecular weight is 264 g/mol. The van der Waals surface area contributed by atoms with Crippen LogP contribution in [0.2, 0.25) is 5.02 Å². The van der Waals surface area contributed by atoms with Crippen molar-refractivity contribution < 1.29 is 9.90 Å². The van der Waals surface area contributed by atoms with Crippen LogP contribution in [-0.4, -0.2) is 31.2 Å². The van der Waals surface area contributed by atoms with Crippen LogP contribution in [0.4, 0.5) is 10.5 Å². The molecule has 0 bridgehead atoms. The van der Waals surface area contributed by atoms with E-state index >= 15 is 0 Å². The van der Waals surface area contributed by atoms with Crippen molar-refractivity contribution in [2.45, 2.75) is 0 Å². The smallest absolute Gasteiger partial charge is 0.409 e. The predicted molar refractivity (Wildman–Crippen MR) is 64.9 cm³/mol. The molecule has 2 aromatic heterocycles. The highest BCUT2D eigenvalue weighted by Crippen LogP contribution is 2.25. The Hall–Kier alpha value is -2.41. The third-order valence-electron chi connectivity index (χ3n) is 2.47. The number of hydrogen-bond acceptors (Lipinski definition) is 4. The molecule has 7 nitrogen and oxygen atoms in total. The molecule has 3 aromatic rings. The molecular weight excluding hydrogens is 258 g/mol. The lowest BCUT2D eigenvalue weighted by Crippen LogP contribution is -2.09. The van der Waals surface area contributed by atoms with Crippen LogP contribution in [0, 0.1) is 0 Å². The van der Waals surface area contributed by atoms with Crippen molar-refractivity contribution in [3.63, 3.8) is 0 Å².